The normalized spacial score (nSPS) is 14.8. The van der Waals surface area contributed by atoms with Crippen molar-refractivity contribution < 1.29 is 9.53 Å². The average Bonchev–Trinajstić information content (AvgIpc) is 3.24. The summed E-state index contributed by atoms with van der Waals surface area (Å²) in [5, 5.41) is 3.88. The number of hydrogen-bond donors (Lipinski definition) is 1. The molecule has 1 saturated heterocycles. The van der Waals surface area contributed by atoms with E-state index in [0.717, 1.165) is 41.6 Å². The number of ether oxygens (including phenoxy) is 1. The first-order chi connectivity index (χ1) is 11.7. The van der Waals surface area contributed by atoms with Crippen molar-refractivity contribution >= 4 is 17.2 Å². The largest absolute Gasteiger partial charge is 0.497 e. The Balaban J connectivity index is 1.62. The highest BCUT2D eigenvalue weighted by atomic mass is 32.1. The number of nitrogens with one attached hydrogen (secondary N) is 1. The van der Waals surface area contributed by atoms with Crippen molar-refractivity contribution in [3.8, 4) is 16.3 Å². The standard InChI is InChI=1S/C18H23N3O2S/c1-13-16(17(22)19-9-12-21-10-3-4-11-21)24-18(20-13)14-5-7-15(23-2)8-6-14/h5-8H,3-4,9-12H2,1-2H3,(H,19,22). The molecule has 0 bridgehead atoms. The van der Waals surface area contributed by atoms with Crippen LogP contribution in [0.1, 0.15) is 28.2 Å². The summed E-state index contributed by atoms with van der Waals surface area (Å²) < 4.78 is 5.17. The SMILES string of the molecule is COc1ccc(-c2nc(C)c(C(=O)NCCN3CCCC3)s2)cc1. The molecular formula is C18H23N3O2S. The highest BCUT2D eigenvalue weighted by Gasteiger charge is 2.17. The van der Waals surface area contributed by atoms with Crippen LogP contribution in [0.4, 0.5) is 0 Å². The summed E-state index contributed by atoms with van der Waals surface area (Å²) in [4.78, 5) is 20.0. The lowest BCUT2D eigenvalue weighted by Gasteiger charge is -2.14. The van der Waals surface area contributed by atoms with Gasteiger partial charge in [-0.2, -0.15) is 0 Å². The predicted octanol–water partition coefficient (Wildman–Crippen LogP) is 2.95. The van der Waals surface area contributed by atoms with Crippen LogP contribution in [-0.2, 0) is 0 Å². The van der Waals surface area contributed by atoms with Crippen molar-refractivity contribution in [3.05, 3.63) is 34.8 Å². The van der Waals surface area contributed by atoms with Crippen molar-refractivity contribution in [1.82, 2.24) is 15.2 Å². The number of aromatic nitrogens is 1. The van der Waals surface area contributed by atoms with Gasteiger partial charge >= 0.3 is 0 Å². The van der Waals surface area contributed by atoms with Crippen LogP contribution < -0.4 is 10.1 Å². The van der Waals surface area contributed by atoms with E-state index in [1.54, 1.807) is 7.11 Å². The van der Waals surface area contributed by atoms with Gasteiger partial charge in [0, 0.05) is 18.7 Å². The molecule has 1 aliphatic heterocycles. The number of hydrogen-bond acceptors (Lipinski definition) is 5. The molecule has 2 heterocycles. The molecule has 5 nitrogen and oxygen atoms in total. The Labute approximate surface area is 146 Å². The van der Waals surface area contributed by atoms with Crippen molar-refractivity contribution in [2.24, 2.45) is 0 Å². The second-order valence-electron chi connectivity index (χ2n) is 5.97. The number of nitrogens with zero attached hydrogens (tertiary/aromatic N) is 2. The van der Waals surface area contributed by atoms with E-state index in [2.05, 4.69) is 15.2 Å². The molecule has 0 saturated carbocycles. The molecule has 0 atom stereocenters. The Kier molecular flexibility index (Phi) is 5.48. The number of carbonyl (C=O) groups is 1. The highest BCUT2D eigenvalue weighted by molar-refractivity contribution is 7.17. The Hall–Kier alpha value is -1.92. The lowest BCUT2D eigenvalue weighted by atomic mass is 10.2. The van der Waals surface area contributed by atoms with Gasteiger partial charge in [0.2, 0.25) is 0 Å². The van der Waals surface area contributed by atoms with E-state index >= 15 is 0 Å². The first-order valence-electron chi connectivity index (χ1n) is 8.30. The highest BCUT2D eigenvalue weighted by Crippen LogP contribution is 2.29. The number of carbonyl (C=O) groups excluding carboxylic acids is 1. The lowest BCUT2D eigenvalue weighted by Crippen LogP contribution is -2.33. The molecule has 1 amide bonds. The van der Waals surface area contributed by atoms with Crippen molar-refractivity contribution in [2.75, 3.05) is 33.3 Å². The summed E-state index contributed by atoms with van der Waals surface area (Å²) in [6.45, 7) is 5.80. The first kappa shape index (κ1) is 16.9. The Morgan fingerprint density at radius 3 is 2.67 bits per heavy atom. The maximum absolute atomic E-state index is 12.4. The predicted molar refractivity (Wildman–Crippen MR) is 96.8 cm³/mol. The van der Waals surface area contributed by atoms with E-state index in [1.807, 2.05) is 31.2 Å². The molecule has 24 heavy (non-hydrogen) atoms. The number of benzene rings is 1. The monoisotopic (exact) mass is 345 g/mol. The maximum atomic E-state index is 12.4. The van der Waals surface area contributed by atoms with Gasteiger partial charge in [-0.1, -0.05) is 0 Å². The molecule has 0 radical (unpaired) electrons. The molecule has 128 valence electrons. The summed E-state index contributed by atoms with van der Waals surface area (Å²) in [7, 11) is 1.65. The second-order valence-corrected chi connectivity index (χ2v) is 6.97. The number of rotatable bonds is 6. The van der Waals surface area contributed by atoms with Crippen LogP contribution >= 0.6 is 11.3 Å². The molecule has 1 aromatic carbocycles. The molecular weight excluding hydrogens is 322 g/mol. The third-order valence-electron chi connectivity index (χ3n) is 4.25. The van der Waals surface area contributed by atoms with Crippen LogP contribution in [-0.4, -0.2) is 49.1 Å². The summed E-state index contributed by atoms with van der Waals surface area (Å²) in [6, 6.07) is 7.74. The van der Waals surface area contributed by atoms with Crippen LogP contribution in [0.2, 0.25) is 0 Å². The fourth-order valence-corrected chi connectivity index (χ4v) is 3.87. The number of amides is 1. The van der Waals surface area contributed by atoms with Crippen molar-refractivity contribution in [2.45, 2.75) is 19.8 Å². The zero-order valence-electron chi connectivity index (χ0n) is 14.2. The van der Waals surface area contributed by atoms with E-state index in [1.165, 1.54) is 24.2 Å². The van der Waals surface area contributed by atoms with Crippen molar-refractivity contribution in [1.29, 1.82) is 0 Å². The van der Waals surface area contributed by atoms with Crippen LogP contribution in [0.15, 0.2) is 24.3 Å². The molecule has 2 aromatic rings. The summed E-state index contributed by atoms with van der Waals surface area (Å²) in [5.74, 6) is 0.788. The van der Waals surface area contributed by atoms with Gasteiger partial charge in [-0.3, -0.25) is 4.79 Å². The molecule has 0 spiro atoms. The molecule has 1 fully saturated rings. The van der Waals surface area contributed by atoms with E-state index in [9.17, 15) is 4.79 Å². The molecule has 1 aromatic heterocycles. The number of methoxy groups -OCH3 is 1. The quantitative estimate of drug-likeness (QED) is 0.874. The maximum Gasteiger partial charge on any atom is 0.263 e. The third-order valence-corrected chi connectivity index (χ3v) is 5.46. The Morgan fingerprint density at radius 2 is 2.00 bits per heavy atom. The van der Waals surface area contributed by atoms with Gasteiger partial charge in [0.1, 0.15) is 15.6 Å². The smallest absolute Gasteiger partial charge is 0.263 e. The molecule has 6 heteroatoms. The van der Waals surface area contributed by atoms with E-state index in [-0.39, 0.29) is 5.91 Å². The number of thiazole rings is 1. The Bertz CT molecular complexity index is 691. The number of aryl methyl sites for hydroxylation is 1. The lowest BCUT2D eigenvalue weighted by molar-refractivity contribution is 0.0953. The van der Waals surface area contributed by atoms with Crippen molar-refractivity contribution in [3.63, 3.8) is 0 Å². The van der Waals surface area contributed by atoms with E-state index < -0.39 is 0 Å². The fraction of sp³-hybridized carbons (Fsp3) is 0.444. The van der Waals surface area contributed by atoms with Crippen LogP contribution in [0, 0.1) is 6.92 Å². The molecule has 1 N–H and O–H groups in total. The number of likely N-dealkylation sites (tertiary alicyclic amines) is 1. The molecule has 1 aliphatic rings. The average molecular weight is 345 g/mol. The Morgan fingerprint density at radius 1 is 1.29 bits per heavy atom. The zero-order valence-corrected chi connectivity index (χ0v) is 15.0. The van der Waals surface area contributed by atoms with Crippen LogP contribution in [0.3, 0.4) is 0 Å². The minimum Gasteiger partial charge on any atom is -0.497 e. The first-order valence-corrected chi connectivity index (χ1v) is 9.11. The van der Waals surface area contributed by atoms with Gasteiger partial charge < -0.3 is 15.0 Å². The van der Waals surface area contributed by atoms with Crippen LogP contribution in [0.25, 0.3) is 10.6 Å². The second kappa shape index (κ2) is 7.77. The van der Waals surface area contributed by atoms with Gasteiger partial charge in [0.25, 0.3) is 5.91 Å². The molecule has 3 rings (SSSR count). The van der Waals surface area contributed by atoms with Gasteiger partial charge in [-0.25, -0.2) is 4.98 Å². The minimum absolute atomic E-state index is 0.0241. The fourth-order valence-electron chi connectivity index (χ4n) is 2.88. The molecule has 0 unspecified atom stereocenters. The van der Waals surface area contributed by atoms with Gasteiger partial charge in [0.05, 0.1) is 12.8 Å². The van der Waals surface area contributed by atoms with Gasteiger partial charge in [-0.15, -0.1) is 11.3 Å². The third kappa shape index (κ3) is 3.94. The topological polar surface area (TPSA) is 54.5 Å². The van der Waals surface area contributed by atoms with Crippen LogP contribution in [0.5, 0.6) is 5.75 Å². The van der Waals surface area contributed by atoms with E-state index in [4.69, 9.17) is 4.74 Å². The van der Waals surface area contributed by atoms with E-state index in [0.29, 0.717) is 11.4 Å². The minimum atomic E-state index is -0.0241. The van der Waals surface area contributed by atoms with Gasteiger partial charge in [0.15, 0.2) is 0 Å². The summed E-state index contributed by atoms with van der Waals surface area (Å²) >= 11 is 1.44. The molecule has 0 aliphatic carbocycles. The van der Waals surface area contributed by atoms with Gasteiger partial charge in [-0.05, 0) is 57.1 Å². The summed E-state index contributed by atoms with van der Waals surface area (Å²) in [6.07, 6.45) is 2.54. The summed E-state index contributed by atoms with van der Waals surface area (Å²) in [5.41, 5.74) is 1.78. The zero-order chi connectivity index (χ0) is 16.9.